The topological polar surface area (TPSA) is 52.5 Å². The fraction of sp³-hybridized carbons (Fsp3) is 0.267. The highest BCUT2D eigenvalue weighted by atomic mass is 32.1. The molecule has 7 aromatic carbocycles. The average molecular weight is 876 g/mol. The Morgan fingerprint density at radius 3 is 1.72 bits per heavy atom. The third-order valence-corrected chi connectivity index (χ3v) is 18.3. The Kier molecular flexibility index (Phi) is 9.30. The molecule has 13 rings (SSSR count). The first-order chi connectivity index (χ1) is 32.1. The van der Waals surface area contributed by atoms with E-state index in [1.54, 1.807) is 0 Å². The third-order valence-electron chi connectivity index (χ3n) is 16.0. The van der Waals surface area contributed by atoms with Crippen LogP contribution in [0.4, 0.5) is 0 Å². The van der Waals surface area contributed by atoms with E-state index in [1.807, 2.05) is 22.7 Å². The number of hydrogen-bond donors (Lipinski definition) is 0. The van der Waals surface area contributed by atoms with Crippen molar-refractivity contribution in [1.29, 1.82) is 10.5 Å². The minimum absolute atomic E-state index is 0.0621. The maximum absolute atomic E-state index is 12.2. The molecule has 0 N–H and O–H groups in total. The van der Waals surface area contributed by atoms with Crippen molar-refractivity contribution in [3.05, 3.63) is 160 Å². The van der Waals surface area contributed by atoms with E-state index in [0.717, 1.165) is 85.7 Å². The maximum Gasteiger partial charge on any atom is 0.0998 e. The Morgan fingerprint density at radius 1 is 0.508 bits per heavy atom. The SMILES string of the molecule is CC1c2ccccc2-c2ccc3sc4ccccc4c3c2CC1c1c(C#N)c(C2CCCCC2)c(-n2c3ccccc3c3ccc4sc5ccccc5c4c32)c(C2CCCCC2)c1C#N. The first-order valence-electron chi connectivity index (χ1n) is 24.0. The van der Waals surface area contributed by atoms with E-state index in [1.165, 1.54) is 103 Å². The molecule has 0 aliphatic heterocycles. The lowest BCUT2D eigenvalue weighted by Crippen LogP contribution is -2.23. The van der Waals surface area contributed by atoms with Crippen molar-refractivity contribution in [2.75, 3.05) is 0 Å². The smallest absolute Gasteiger partial charge is 0.0998 e. The number of thiophene rings is 2. The van der Waals surface area contributed by atoms with Crippen LogP contribution in [0.15, 0.2) is 121 Å². The van der Waals surface area contributed by atoms with E-state index in [9.17, 15) is 10.5 Å². The van der Waals surface area contributed by atoms with Gasteiger partial charge in [-0.05, 0) is 125 Å². The number of rotatable bonds is 4. The summed E-state index contributed by atoms with van der Waals surface area (Å²) in [6.07, 6.45) is 12.0. The molecule has 0 saturated heterocycles. The fourth-order valence-corrected chi connectivity index (χ4v) is 15.4. The molecule has 10 aromatic rings. The Balaban J connectivity index is 1.20. The summed E-state index contributed by atoms with van der Waals surface area (Å²) in [5.41, 5.74) is 13.7. The van der Waals surface area contributed by atoms with Gasteiger partial charge in [0.05, 0.1) is 40.0 Å². The highest BCUT2D eigenvalue weighted by molar-refractivity contribution is 7.26. The second-order valence-corrected chi connectivity index (χ2v) is 21.4. The summed E-state index contributed by atoms with van der Waals surface area (Å²) >= 11 is 3.74. The van der Waals surface area contributed by atoms with Gasteiger partial charge in [0.25, 0.3) is 0 Å². The molecule has 65 heavy (non-hydrogen) atoms. The first kappa shape index (κ1) is 39.2. The lowest BCUT2D eigenvalue weighted by molar-refractivity contribution is 0.432. The van der Waals surface area contributed by atoms with Crippen LogP contribution in [-0.2, 0) is 6.42 Å². The minimum atomic E-state index is -0.0876. The Morgan fingerprint density at radius 2 is 1.06 bits per heavy atom. The van der Waals surface area contributed by atoms with Crippen molar-refractivity contribution >= 4 is 84.8 Å². The predicted molar refractivity (Wildman–Crippen MR) is 274 cm³/mol. The normalized spacial score (nSPS) is 18.3. The van der Waals surface area contributed by atoms with Crippen molar-refractivity contribution in [1.82, 2.24) is 4.57 Å². The van der Waals surface area contributed by atoms with Crippen LogP contribution >= 0.6 is 22.7 Å². The second kappa shape index (κ2) is 15.4. The van der Waals surface area contributed by atoms with Gasteiger partial charge in [-0.3, -0.25) is 0 Å². The molecule has 5 heteroatoms. The maximum atomic E-state index is 12.2. The molecule has 2 unspecified atom stereocenters. The van der Waals surface area contributed by atoms with E-state index < -0.39 is 0 Å². The van der Waals surface area contributed by atoms with E-state index in [-0.39, 0.29) is 23.7 Å². The van der Waals surface area contributed by atoms with Gasteiger partial charge in [-0.25, -0.2) is 0 Å². The molecule has 316 valence electrons. The largest absolute Gasteiger partial charge is 0.308 e. The highest BCUT2D eigenvalue weighted by Gasteiger charge is 2.40. The summed E-state index contributed by atoms with van der Waals surface area (Å²) in [5.74, 6) is 0.400. The van der Waals surface area contributed by atoms with Crippen molar-refractivity contribution < 1.29 is 0 Å². The number of aromatic nitrogens is 1. The van der Waals surface area contributed by atoms with Crippen LogP contribution in [0, 0.1) is 22.7 Å². The molecule has 2 saturated carbocycles. The standard InChI is InChI=1S/C60H49N3S2/c1-35-38-20-8-9-21-39(38)40-28-30-52-57(43-23-11-14-26-50(43)64-52)46(40)32-45(35)56-47(33-61)54(36-16-4-2-5-17-36)60(55(48(56)34-62)37-18-6-3-7-19-37)63-49-25-13-10-22-41(49)42-29-31-53-58(59(42)63)44-24-12-15-27-51(44)65-53/h8-15,20-31,35-37,45H,2-7,16-19,32H2,1H3. The lowest BCUT2D eigenvalue weighted by Gasteiger charge is -2.36. The zero-order chi connectivity index (χ0) is 43.3. The number of nitriles is 2. The van der Waals surface area contributed by atoms with Gasteiger partial charge < -0.3 is 4.57 Å². The summed E-state index contributed by atoms with van der Waals surface area (Å²) in [6.45, 7) is 2.39. The van der Waals surface area contributed by atoms with Crippen molar-refractivity contribution in [2.45, 2.75) is 101 Å². The van der Waals surface area contributed by atoms with Crippen LogP contribution in [0.1, 0.15) is 134 Å². The zero-order valence-corrected chi connectivity index (χ0v) is 38.4. The van der Waals surface area contributed by atoms with Crippen LogP contribution < -0.4 is 0 Å². The molecule has 3 nitrogen and oxygen atoms in total. The van der Waals surface area contributed by atoms with Gasteiger partial charge in [-0.2, -0.15) is 10.5 Å². The third kappa shape index (κ3) is 5.81. The molecule has 3 aliphatic rings. The molecule has 0 bridgehead atoms. The van der Waals surface area contributed by atoms with E-state index in [2.05, 4.69) is 145 Å². The molecule has 0 radical (unpaired) electrons. The van der Waals surface area contributed by atoms with E-state index >= 15 is 0 Å². The number of benzene rings is 7. The van der Waals surface area contributed by atoms with Crippen molar-refractivity contribution in [3.63, 3.8) is 0 Å². The van der Waals surface area contributed by atoms with Crippen molar-refractivity contribution in [2.24, 2.45) is 0 Å². The van der Waals surface area contributed by atoms with E-state index in [0.29, 0.717) is 0 Å². The Bertz CT molecular complexity index is 3610. The molecule has 0 amide bonds. The van der Waals surface area contributed by atoms with Gasteiger partial charge >= 0.3 is 0 Å². The predicted octanol–water partition coefficient (Wildman–Crippen LogP) is 17.5. The molecular weight excluding hydrogens is 827 g/mol. The molecule has 0 spiro atoms. The van der Waals surface area contributed by atoms with Crippen LogP contribution in [0.25, 0.3) is 79.0 Å². The average Bonchev–Trinajstić information content (AvgIpc) is 4.02. The van der Waals surface area contributed by atoms with Crippen LogP contribution in [0.2, 0.25) is 0 Å². The van der Waals surface area contributed by atoms with Gasteiger partial charge in [-0.15, -0.1) is 22.7 Å². The number of para-hydroxylation sites is 1. The first-order valence-corrected chi connectivity index (χ1v) is 25.7. The molecule has 3 heterocycles. The summed E-state index contributed by atoms with van der Waals surface area (Å²) in [7, 11) is 0. The molecule has 2 atom stereocenters. The monoisotopic (exact) mass is 875 g/mol. The van der Waals surface area contributed by atoms with Crippen LogP contribution in [0.3, 0.4) is 0 Å². The van der Waals surface area contributed by atoms with Crippen LogP contribution in [-0.4, -0.2) is 4.57 Å². The van der Waals surface area contributed by atoms with Gasteiger partial charge in [0.1, 0.15) is 0 Å². The van der Waals surface area contributed by atoms with Crippen LogP contribution in [0.5, 0.6) is 0 Å². The van der Waals surface area contributed by atoms with Gasteiger partial charge in [0, 0.05) is 51.1 Å². The summed E-state index contributed by atoms with van der Waals surface area (Å²) < 4.78 is 7.77. The Labute approximate surface area is 388 Å². The number of nitrogens with zero attached hydrogens (tertiary/aromatic N) is 3. The number of hydrogen-bond acceptors (Lipinski definition) is 4. The summed E-state index contributed by atoms with van der Waals surface area (Å²) in [5, 5.41) is 32.0. The second-order valence-electron chi connectivity index (χ2n) is 19.3. The molecule has 3 aliphatic carbocycles. The molecular formula is C60H49N3S2. The minimum Gasteiger partial charge on any atom is -0.308 e. The summed E-state index contributed by atoms with van der Waals surface area (Å²) in [4.78, 5) is 0. The lowest BCUT2D eigenvalue weighted by atomic mass is 9.69. The van der Waals surface area contributed by atoms with Gasteiger partial charge in [-0.1, -0.05) is 136 Å². The van der Waals surface area contributed by atoms with Gasteiger partial charge in [0.15, 0.2) is 0 Å². The highest BCUT2D eigenvalue weighted by Crippen LogP contribution is 2.55. The number of fused-ring (bicyclic) bond motifs is 14. The Hall–Kier alpha value is -6.24. The summed E-state index contributed by atoms with van der Waals surface area (Å²) in [6, 6.07) is 51.1. The molecule has 3 aromatic heterocycles. The van der Waals surface area contributed by atoms with E-state index in [4.69, 9.17) is 0 Å². The zero-order valence-electron chi connectivity index (χ0n) is 36.8. The van der Waals surface area contributed by atoms with Gasteiger partial charge in [0.2, 0.25) is 0 Å². The molecule has 2 fully saturated rings. The quantitative estimate of drug-likeness (QED) is 0.177. The van der Waals surface area contributed by atoms with Crippen molar-refractivity contribution in [3.8, 4) is 29.0 Å². The fourth-order valence-electron chi connectivity index (χ4n) is 13.2.